The van der Waals surface area contributed by atoms with E-state index in [-0.39, 0.29) is 6.03 Å². The number of hydrogen-bond acceptors (Lipinski definition) is 3. The first-order chi connectivity index (χ1) is 7.77. The quantitative estimate of drug-likeness (QED) is 0.757. The van der Waals surface area contributed by atoms with E-state index in [9.17, 15) is 9.59 Å². The van der Waals surface area contributed by atoms with Gasteiger partial charge in [0.05, 0.1) is 6.54 Å². The van der Waals surface area contributed by atoms with Gasteiger partial charge >= 0.3 is 11.7 Å². The van der Waals surface area contributed by atoms with Crippen molar-refractivity contribution in [1.82, 2.24) is 14.8 Å². The molecule has 6 heteroatoms. The Morgan fingerprint density at radius 3 is 2.62 bits per heavy atom. The van der Waals surface area contributed by atoms with E-state index in [0.29, 0.717) is 12.4 Å². The monoisotopic (exact) mass is 216 g/mol. The van der Waals surface area contributed by atoms with Crippen LogP contribution in [0.4, 0.5) is 10.5 Å². The second kappa shape index (κ2) is 3.06. The lowest BCUT2D eigenvalue weighted by atomic mass is 10.3. The lowest BCUT2D eigenvalue weighted by molar-refractivity contribution is 0.250. The number of benzene rings is 1. The number of nitrogens with one attached hydrogen (secondary N) is 1. The van der Waals surface area contributed by atoms with Crippen LogP contribution in [-0.2, 0) is 6.54 Å². The van der Waals surface area contributed by atoms with Gasteiger partial charge in [0.15, 0.2) is 5.82 Å². The maximum atomic E-state index is 11.9. The van der Waals surface area contributed by atoms with Crippen molar-refractivity contribution < 1.29 is 4.79 Å². The number of para-hydroxylation sites is 1. The van der Waals surface area contributed by atoms with Gasteiger partial charge in [0, 0.05) is 5.69 Å². The third-order valence-corrected chi connectivity index (χ3v) is 2.53. The highest BCUT2D eigenvalue weighted by Crippen LogP contribution is 2.20. The molecule has 0 aliphatic carbocycles. The molecule has 0 atom stereocenters. The van der Waals surface area contributed by atoms with Crippen LogP contribution in [0.2, 0.25) is 0 Å². The Morgan fingerprint density at radius 2 is 1.94 bits per heavy atom. The topological polar surface area (TPSA) is 71.0 Å². The fourth-order valence-corrected chi connectivity index (χ4v) is 1.77. The number of nitrogens with zero attached hydrogens (tertiary/aromatic N) is 3. The van der Waals surface area contributed by atoms with Gasteiger partial charge in [-0.3, -0.25) is 4.90 Å². The van der Waals surface area contributed by atoms with Crippen molar-refractivity contribution >= 4 is 11.7 Å². The van der Waals surface area contributed by atoms with Gasteiger partial charge in [0.1, 0.15) is 0 Å². The van der Waals surface area contributed by atoms with E-state index >= 15 is 0 Å². The van der Waals surface area contributed by atoms with Crippen molar-refractivity contribution in [3.63, 3.8) is 0 Å². The first kappa shape index (κ1) is 8.90. The number of carbonyl (C=O) groups excluding carboxylic acids is 1. The molecule has 80 valence electrons. The summed E-state index contributed by atoms with van der Waals surface area (Å²) in [6, 6.07) is 8.83. The summed E-state index contributed by atoms with van der Waals surface area (Å²) >= 11 is 0. The molecule has 0 saturated carbocycles. The molecule has 16 heavy (non-hydrogen) atoms. The molecule has 1 amide bonds. The van der Waals surface area contributed by atoms with Crippen LogP contribution < -0.4 is 10.6 Å². The second-order valence-electron chi connectivity index (χ2n) is 3.48. The molecule has 1 aromatic carbocycles. The third kappa shape index (κ3) is 1.10. The van der Waals surface area contributed by atoms with Crippen molar-refractivity contribution in [3.8, 4) is 0 Å². The first-order valence-electron chi connectivity index (χ1n) is 4.80. The SMILES string of the molecule is O=C1N(c2ccccc2)Cc2n[nH]c(=O)n21. The number of hydrogen-bond donors (Lipinski definition) is 1. The minimum absolute atomic E-state index is 0.321. The van der Waals surface area contributed by atoms with Gasteiger partial charge in [-0.05, 0) is 12.1 Å². The van der Waals surface area contributed by atoms with Crippen LogP contribution in [-0.4, -0.2) is 20.8 Å². The van der Waals surface area contributed by atoms with Gasteiger partial charge in [-0.25, -0.2) is 14.7 Å². The second-order valence-corrected chi connectivity index (χ2v) is 3.48. The van der Waals surface area contributed by atoms with Crippen LogP contribution in [0.15, 0.2) is 35.1 Å². The zero-order valence-electron chi connectivity index (χ0n) is 8.25. The molecule has 0 spiro atoms. The molecule has 1 aliphatic rings. The smallest absolute Gasteiger partial charge is 0.286 e. The number of aromatic nitrogens is 3. The number of aromatic amines is 1. The minimum Gasteiger partial charge on any atom is -0.286 e. The molecule has 0 bridgehead atoms. The number of H-pyrrole nitrogens is 1. The van der Waals surface area contributed by atoms with Gasteiger partial charge in [0.2, 0.25) is 0 Å². The predicted octanol–water partition coefficient (Wildman–Crippen LogP) is 0.560. The van der Waals surface area contributed by atoms with E-state index in [1.165, 1.54) is 4.90 Å². The molecule has 0 unspecified atom stereocenters. The van der Waals surface area contributed by atoms with Crippen LogP contribution in [0.3, 0.4) is 0 Å². The zero-order valence-corrected chi connectivity index (χ0v) is 8.25. The van der Waals surface area contributed by atoms with Crippen molar-refractivity contribution in [1.29, 1.82) is 0 Å². The molecule has 2 heterocycles. The third-order valence-electron chi connectivity index (χ3n) is 2.53. The van der Waals surface area contributed by atoms with Crippen LogP contribution in [0.1, 0.15) is 5.82 Å². The number of fused-ring (bicyclic) bond motifs is 1. The van der Waals surface area contributed by atoms with E-state index < -0.39 is 5.69 Å². The average Bonchev–Trinajstić information content (AvgIpc) is 2.83. The lowest BCUT2D eigenvalue weighted by Gasteiger charge is -2.13. The van der Waals surface area contributed by atoms with Crippen LogP contribution in [0, 0.1) is 0 Å². The molecular weight excluding hydrogens is 208 g/mol. The Labute approximate surface area is 90.1 Å². The molecule has 0 saturated heterocycles. The largest absolute Gasteiger partial charge is 0.351 e. The van der Waals surface area contributed by atoms with E-state index in [1.54, 1.807) is 0 Å². The molecule has 1 aliphatic heterocycles. The Kier molecular flexibility index (Phi) is 1.70. The van der Waals surface area contributed by atoms with E-state index in [4.69, 9.17) is 0 Å². The molecule has 1 N–H and O–H groups in total. The molecule has 0 fully saturated rings. The van der Waals surface area contributed by atoms with Gasteiger partial charge in [-0.2, -0.15) is 9.67 Å². The maximum Gasteiger partial charge on any atom is 0.351 e. The van der Waals surface area contributed by atoms with Crippen molar-refractivity contribution in [2.45, 2.75) is 6.54 Å². The maximum absolute atomic E-state index is 11.9. The summed E-state index contributed by atoms with van der Waals surface area (Å²) < 4.78 is 1.05. The Balaban J connectivity index is 2.06. The van der Waals surface area contributed by atoms with Gasteiger partial charge in [-0.15, -0.1) is 0 Å². The number of rotatable bonds is 1. The highest BCUT2D eigenvalue weighted by atomic mass is 16.2. The molecule has 6 nitrogen and oxygen atoms in total. The highest BCUT2D eigenvalue weighted by molar-refractivity contribution is 5.95. The van der Waals surface area contributed by atoms with Crippen molar-refractivity contribution in [2.24, 2.45) is 0 Å². The first-order valence-corrected chi connectivity index (χ1v) is 4.80. The standard InChI is InChI=1S/C10H8N4O2/c15-9-12-11-8-6-13(10(16)14(8)9)7-4-2-1-3-5-7/h1-5H,6H2,(H,12,15). The lowest BCUT2D eigenvalue weighted by Crippen LogP contribution is -2.31. The molecule has 3 rings (SSSR count). The summed E-state index contributed by atoms with van der Waals surface area (Å²) in [6.07, 6.45) is 0. The number of carbonyl (C=O) groups is 1. The predicted molar refractivity (Wildman–Crippen MR) is 56.3 cm³/mol. The van der Waals surface area contributed by atoms with Gasteiger partial charge in [0.25, 0.3) is 0 Å². The summed E-state index contributed by atoms with van der Waals surface area (Å²) in [7, 11) is 0. The number of anilines is 1. The highest BCUT2D eigenvalue weighted by Gasteiger charge is 2.31. The minimum atomic E-state index is -0.488. The zero-order chi connectivity index (χ0) is 11.1. The van der Waals surface area contributed by atoms with E-state index in [2.05, 4.69) is 10.2 Å². The summed E-state index contributed by atoms with van der Waals surface area (Å²) in [6.45, 7) is 0.321. The summed E-state index contributed by atoms with van der Waals surface area (Å²) in [5.74, 6) is 0.443. The van der Waals surface area contributed by atoms with E-state index in [0.717, 1.165) is 10.3 Å². The van der Waals surface area contributed by atoms with Gasteiger partial charge in [-0.1, -0.05) is 18.2 Å². The van der Waals surface area contributed by atoms with Crippen molar-refractivity contribution in [3.05, 3.63) is 46.6 Å². The molecular formula is C10H8N4O2. The normalized spacial score (nSPS) is 14.2. The molecule has 0 radical (unpaired) electrons. The fourth-order valence-electron chi connectivity index (χ4n) is 1.77. The van der Waals surface area contributed by atoms with Crippen LogP contribution in [0.25, 0.3) is 0 Å². The Bertz CT molecular complexity index is 599. The molecule has 1 aromatic heterocycles. The Morgan fingerprint density at radius 1 is 1.19 bits per heavy atom. The number of amides is 1. The summed E-state index contributed by atoms with van der Waals surface area (Å²) in [4.78, 5) is 24.7. The fraction of sp³-hybridized carbons (Fsp3) is 0.100. The summed E-state index contributed by atoms with van der Waals surface area (Å²) in [5.41, 5.74) is 0.274. The van der Waals surface area contributed by atoms with Crippen LogP contribution in [0.5, 0.6) is 0 Å². The van der Waals surface area contributed by atoms with Crippen molar-refractivity contribution in [2.75, 3.05) is 4.90 Å². The molecule has 2 aromatic rings. The van der Waals surface area contributed by atoms with E-state index in [1.807, 2.05) is 30.3 Å². The van der Waals surface area contributed by atoms with Crippen LogP contribution >= 0.6 is 0 Å². The Hall–Kier alpha value is -2.37. The van der Waals surface area contributed by atoms with Gasteiger partial charge < -0.3 is 0 Å². The summed E-state index contributed by atoms with van der Waals surface area (Å²) in [5, 5.41) is 6.04. The average molecular weight is 216 g/mol.